The Bertz CT molecular complexity index is 143. The summed E-state index contributed by atoms with van der Waals surface area (Å²) in [5, 5.41) is 0. The number of fused-ring (bicyclic) bond motifs is 1. The molecule has 0 spiro atoms. The molecule has 0 aromatic heterocycles. The Kier molecular flexibility index (Phi) is 5.67. The van der Waals surface area contributed by atoms with Crippen molar-refractivity contribution in [2.75, 3.05) is 0 Å². The fourth-order valence-electron chi connectivity index (χ4n) is 1.51. The van der Waals surface area contributed by atoms with Crippen LogP contribution in [0.2, 0.25) is 0 Å². The molecule has 2 rings (SSSR count). The molecule has 2 aliphatic rings. The number of hydrogen-bond acceptors (Lipinski definition) is 0. The van der Waals surface area contributed by atoms with Crippen molar-refractivity contribution in [2.24, 2.45) is 11.8 Å². The first kappa shape index (κ1) is 11.7. The van der Waals surface area contributed by atoms with Gasteiger partial charge in [0.05, 0.1) is 0 Å². The SMILES string of the molecule is C1=CC2[CH-]C[CH-]C2C=C1.[Li+].[Li+]. The average Bonchev–Trinajstić information content (AvgIpc) is 2.33. The van der Waals surface area contributed by atoms with Gasteiger partial charge in [0.25, 0.3) is 0 Å². The van der Waals surface area contributed by atoms with E-state index in [1.807, 2.05) is 0 Å². The van der Waals surface area contributed by atoms with Crippen molar-refractivity contribution < 1.29 is 37.7 Å². The minimum absolute atomic E-state index is 0. The molecular formula is C9H10Li2. The topological polar surface area (TPSA) is 0 Å². The molecule has 0 bridgehead atoms. The summed E-state index contributed by atoms with van der Waals surface area (Å²) in [5.74, 6) is 1.44. The Morgan fingerprint density at radius 2 is 1.36 bits per heavy atom. The maximum Gasteiger partial charge on any atom is 1.00 e. The van der Waals surface area contributed by atoms with Crippen LogP contribution in [0.25, 0.3) is 0 Å². The van der Waals surface area contributed by atoms with Crippen molar-refractivity contribution >= 4 is 0 Å². The van der Waals surface area contributed by atoms with Gasteiger partial charge in [-0.05, 0) is 0 Å². The van der Waals surface area contributed by atoms with E-state index in [4.69, 9.17) is 0 Å². The monoisotopic (exact) mass is 132 g/mol. The van der Waals surface area contributed by atoms with Gasteiger partial charge >= 0.3 is 37.7 Å². The van der Waals surface area contributed by atoms with Crippen LogP contribution in [0.1, 0.15) is 6.42 Å². The normalized spacial score (nSPS) is 32.0. The first-order valence-corrected chi connectivity index (χ1v) is 3.48. The van der Waals surface area contributed by atoms with E-state index < -0.39 is 0 Å². The summed E-state index contributed by atoms with van der Waals surface area (Å²) >= 11 is 0. The van der Waals surface area contributed by atoms with Crippen LogP contribution in [0.5, 0.6) is 0 Å². The molecule has 1 saturated carbocycles. The van der Waals surface area contributed by atoms with E-state index in [9.17, 15) is 0 Å². The van der Waals surface area contributed by atoms with Crippen LogP contribution in [0.15, 0.2) is 24.3 Å². The summed E-state index contributed by atoms with van der Waals surface area (Å²) < 4.78 is 0. The minimum Gasteiger partial charge on any atom is -0.352 e. The Labute approximate surface area is 92.9 Å². The quantitative estimate of drug-likeness (QED) is 0.234. The van der Waals surface area contributed by atoms with Crippen LogP contribution < -0.4 is 37.7 Å². The smallest absolute Gasteiger partial charge is 0.352 e. The fraction of sp³-hybridized carbons (Fsp3) is 0.333. The maximum atomic E-state index is 2.37. The van der Waals surface area contributed by atoms with E-state index in [1.165, 1.54) is 6.42 Å². The zero-order valence-electron chi connectivity index (χ0n) is 7.33. The van der Waals surface area contributed by atoms with Crippen molar-refractivity contribution in [1.29, 1.82) is 0 Å². The van der Waals surface area contributed by atoms with Gasteiger partial charge < -0.3 is 19.3 Å². The van der Waals surface area contributed by atoms with Crippen LogP contribution in [-0.4, -0.2) is 0 Å². The average molecular weight is 132 g/mol. The third-order valence-corrected chi connectivity index (χ3v) is 2.04. The van der Waals surface area contributed by atoms with Gasteiger partial charge in [0, 0.05) is 0 Å². The summed E-state index contributed by atoms with van der Waals surface area (Å²) in [7, 11) is 0. The van der Waals surface area contributed by atoms with Crippen molar-refractivity contribution in [3.05, 3.63) is 37.1 Å². The van der Waals surface area contributed by atoms with Crippen molar-refractivity contribution in [1.82, 2.24) is 0 Å². The molecule has 0 radical (unpaired) electrons. The van der Waals surface area contributed by atoms with Crippen LogP contribution in [0, 0.1) is 24.7 Å². The number of rotatable bonds is 0. The molecule has 0 heterocycles. The van der Waals surface area contributed by atoms with E-state index in [1.54, 1.807) is 0 Å². The predicted molar refractivity (Wildman–Crippen MR) is 38.5 cm³/mol. The van der Waals surface area contributed by atoms with Gasteiger partial charge in [0.1, 0.15) is 0 Å². The molecule has 2 aliphatic carbocycles. The second kappa shape index (κ2) is 5.34. The molecule has 0 aliphatic heterocycles. The summed E-state index contributed by atoms with van der Waals surface area (Å²) in [6, 6.07) is 0. The van der Waals surface area contributed by atoms with Gasteiger partial charge in [-0.25, -0.2) is 0 Å². The zero-order valence-corrected chi connectivity index (χ0v) is 7.33. The molecule has 0 amide bonds. The first-order chi connectivity index (χ1) is 4.47. The van der Waals surface area contributed by atoms with E-state index in [2.05, 4.69) is 37.1 Å². The minimum atomic E-state index is 0. The summed E-state index contributed by atoms with van der Waals surface area (Å²) in [6.07, 6.45) is 14.7. The summed E-state index contributed by atoms with van der Waals surface area (Å²) in [6.45, 7) is 0. The van der Waals surface area contributed by atoms with Gasteiger partial charge in [-0.15, -0.1) is 12.2 Å². The second-order valence-electron chi connectivity index (χ2n) is 2.63. The number of hydrogen-bond donors (Lipinski definition) is 0. The molecule has 48 valence electrons. The van der Waals surface area contributed by atoms with Gasteiger partial charge in [0.15, 0.2) is 0 Å². The third-order valence-electron chi connectivity index (χ3n) is 2.04. The maximum absolute atomic E-state index is 2.37. The molecular weight excluding hydrogens is 122 g/mol. The Hall–Kier alpha value is 0.675. The van der Waals surface area contributed by atoms with E-state index in [-0.39, 0.29) is 37.7 Å². The van der Waals surface area contributed by atoms with Crippen molar-refractivity contribution in [2.45, 2.75) is 6.42 Å². The van der Waals surface area contributed by atoms with Crippen LogP contribution in [0.3, 0.4) is 0 Å². The van der Waals surface area contributed by atoms with Crippen LogP contribution in [-0.2, 0) is 0 Å². The number of allylic oxidation sites excluding steroid dienone is 4. The fourth-order valence-corrected chi connectivity index (χ4v) is 1.51. The van der Waals surface area contributed by atoms with Gasteiger partial charge in [-0.1, -0.05) is 12.2 Å². The van der Waals surface area contributed by atoms with E-state index in [0.717, 1.165) is 11.8 Å². The molecule has 1 fully saturated rings. The molecule has 0 aromatic rings. The predicted octanol–water partition coefficient (Wildman–Crippen LogP) is -3.83. The third kappa shape index (κ3) is 2.57. The van der Waals surface area contributed by atoms with Gasteiger partial charge in [-0.3, -0.25) is 0 Å². The summed E-state index contributed by atoms with van der Waals surface area (Å²) in [4.78, 5) is 0. The molecule has 2 unspecified atom stereocenters. The molecule has 2 heteroatoms. The molecule has 2 atom stereocenters. The van der Waals surface area contributed by atoms with E-state index in [0.29, 0.717) is 0 Å². The first-order valence-electron chi connectivity index (χ1n) is 3.48. The van der Waals surface area contributed by atoms with Gasteiger partial charge in [0.2, 0.25) is 0 Å². The molecule has 0 saturated heterocycles. The molecule has 11 heavy (non-hydrogen) atoms. The van der Waals surface area contributed by atoms with E-state index >= 15 is 0 Å². The molecule has 0 N–H and O–H groups in total. The van der Waals surface area contributed by atoms with Crippen LogP contribution >= 0.6 is 0 Å². The standard InChI is InChI=1S/C9H10.2Li/c1-2-5-9-7-3-6-8(9)4-1;;/h1-2,4-9H,3H2;;/q-2;2*+1. The second-order valence-corrected chi connectivity index (χ2v) is 2.63. The summed E-state index contributed by atoms with van der Waals surface area (Å²) in [5.41, 5.74) is 0. The van der Waals surface area contributed by atoms with Gasteiger partial charge in [-0.2, -0.15) is 11.8 Å². The van der Waals surface area contributed by atoms with Crippen molar-refractivity contribution in [3.8, 4) is 0 Å². The molecule has 0 nitrogen and oxygen atoms in total. The Balaban J connectivity index is 0.000000500. The van der Waals surface area contributed by atoms with Crippen molar-refractivity contribution in [3.63, 3.8) is 0 Å². The zero-order chi connectivity index (χ0) is 6.10. The Morgan fingerprint density at radius 1 is 0.909 bits per heavy atom. The Morgan fingerprint density at radius 3 is 1.82 bits per heavy atom. The largest absolute Gasteiger partial charge is 1.00 e. The molecule has 0 aromatic carbocycles. The van der Waals surface area contributed by atoms with Crippen LogP contribution in [0.4, 0.5) is 0 Å².